The number of nitrogens with one attached hydrogen (secondary N) is 1. The number of imidazole rings is 1. The highest BCUT2D eigenvalue weighted by Crippen LogP contribution is 2.35. The van der Waals surface area contributed by atoms with E-state index in [1.807, 2.05) is 0 Å². The fourth-order valence-electron chi connectivity index (χ4n) is 1.95. The number of aromatic nitrogens is 2. The Bertz CT molecular complexity index is 788. The van der Waals surface area contributed by atoms with Gasteiger partial charge in [0.2, 0.25) is 11.8 Å². The molecule has 0 bridgehead atoms. The van der Waals surface area contributed by atoms with Gasteiger partial charge in [0.15, 0.2) is 11.5 Å². The normalized spacial score (nSPS) is 13.6. The number of fused-ring (bicyclic) bond motifs is 1. The Hall–Kier alpha value is -1.77. The number of sulfonamides is 1. The monoisotopic (exact) mass is 329 g/mol. The van der Waals surface area contributed by atoms with Crippen LogP contribution in [0.1, 0.15) is 5.56 Å². The number of rotatable bonds is 4. The lowest BCUT2D eigenvalue weighted by Gasteiger charge is -2.07. The molecule has 2 heterocycles. The lowest BCUT2D eigenvalue weighted by molar-refractivity contribution is 0.173. The average Bonchev–Trinajstić information content (AvgIpc) is 3.05. The number of halogens is 1. The van der Waals surface area contributed by atoms with E-state index in [0.717, 1.165) is 0 Å². The Morgan fingerprint density at radius 2 is 2.24 bits per heavy atom. The van der Waals surface area contributed by atoms with Gasteiger partial charge in [-0.25, -0.2) is 18.1 Å². The predicted octanol–water partition coefficient (Wildman–Crippen LogP) is 1.28. The molecule has 1 aromatic heterocycles. The Morgan fingerprint density at radius 1 is 1.43 bits per heavy atom. The molecule has 0 aliphatic carbocycles. The van der Waals surface area contributed by atoms with Gasteiger partial charge in [-0.05, 0) is 6.07 Å². The molecule has 0 fully saturated rings. The third-order valence-electron chi connectivity index (χ3n) is 3.02. The van der Waals surface area contributed by atoms with E-state index in [2.05, 4.69) is 9.71 Å². The van der Waals surface area contributed by atoms with Crippen molar-refractivity contribution >= 4 is 21.6 Å². The van der Waals surface area contributed by atoms with Crippen LogP contribution in [0.25, 0.3) is 0 Å². The van der Waals surface area contributed by atoms with Crippen LogP contribution in [0.3, 0.4) is 0 Å². The van der Waals surface area contributed by atoms with E-state index in [4.69, 9.17) is 21.1 Å². The molecule has 1 aliphatic rings. The van der Waals surface area contributed by atoms with Crippen molar-refractivity contribution in [2.45, 2.75) is 11.6 Å². The number of nitrogens with zero attached hydrogens (tertiary/aromatic N) is 2. The lowest BCUT2D eigenvalue weighted by atomic mass is 10.2. The molecule has 0 amide bonds. The second-order valence-corrected chi connectivity index (χ2v) is 6.47. The van der Waals surface area contributed by atoms with Gasteiger partial charge in [0.05, 0.1) is 6.33 Å². The minimum Gasteiger partial charge on any atom is -0.454 e. The number of hydrogen-bond acceptors (Lipinski definition) is 5. The summed E-state index contributed by atoms with van der Waals surface area (Å²) in [6.07, 6.45) is 1.34. The smallest absolute Gasteiger partial charge is 0.261 e. The maximum Gasteiger partial charge on any atom is 0.261 e. The second kappa shape index (κ2) is 5.21. The topological polar surface area (TPSA) is 82.5 Å². The second-order valence-electron chi connectivity index (χ2n) is 4.43. The molecule has 7 nitrogen and oxygen atoms in total. The zero-order valence-corrected chi connectivity index (χ0v) is 12.6. The van der Waals surface area contributed by atoms with E-state index in [-0.39, 0.29) is 23.5 Å². The van der Waals surface area contributed by atoms with Crippen LogP contribution in [0, 0.1) is 0 Å². The molecule has 0 atom stereocenters. The van der Waals surface area contributed by atoms with Gasteiger partial charge in [0, 0.05) is 19.2 Å². The summed E-state index contributed by atoms with van der Waals surface area (Å²) in [5.41, 5.74) is 0.681. The quantitative estimate of drug-likeness (QED) is 0.913. The number of aryl methyl sites for hydroxylation is 1. The number of benzene rings is 1. The fraction of sp³-hybridized carbons (Fsp3) is 0.250. The number of hydrogen-bond donors (Lipinski definition) is 1. The van der Waals surface area contributed by atoms with Gasteiger partial charge in [-0.15, -0.1) is 0 Å². The van der Waals surface area contributed by atoms with Crippen molar-refractivity contribution in [2.24, 2.45) is 7.05 Å². The molecule has 9 heteroatoms. The Morgan fingerprint density at radius 3 is 2.95 bits per heavy atom. The summed E-state index contributed by atoms with van der Waals surface area (Å²) >= 11 is 5.91. The van der Waals surface area contributed by atoms with Crippen molar-refractivity contribution in [1.29, 1.82) is 0 Å². The molecule has 21 heavy (non-hydrogen) atoms. The third-order valence-corrected chi connectivity index (χ3v) is 4.91. The molecule has 0 radical (unpaired) electrons. The van der Waals surface area contributed by atoms with E-state index in [0.29, 0.717) is 17.1 Å². The SMILES string of the molecule is Cn1cnc(S(=O)(=O)NCc2cccc3c2OCO3)c1Cl. The summed E-state index contributed by atoms with van der Waals surface area (Å²) in [4.78, 5) is 3.80. The maximum atomic E-state index is 12.2. The molecule has 0 saturated heterocycles. The Labute approximate surface area is 126 Å². The van der Waals surface area contributed by atoms with E-state index in [9.17, 15) is 8.42 Å². The van der Waals surface area contributed by atoms with Crippen LogP contribution >= 0.6 is 11.6 Å². The van der Waals surface area contributed by atoms with Crippen LogP contribution in [0.5, 0.6) is 11.5 Å². The number of para-hydroxylation sites is 1. The predicted molar refractivity (Wildman–Crippen MR) is 74.8 cm³/mol. The van der Waals surface area contributed by atoms with Crippen LogP contribution in [-0.4, -0.2) is 24.8 Å². The third kappa shape index (κ3) is 2.57. The van der Waals surface area contributed by atoms with Gasteiger partial charge in [0.25, 0.3) is 10.0 Å². The minimum atomic E-state index is -3.80. The highest BCUT2D eigenvalue weighted by molar-refractivity contribution is 7.89. The minimum absolute atomic E-state index is 0.0559. The summed E-state index contributed by atoms with van der Waals surface area (Å²) in [5.74, 6) is 1.15. The molecule has 0 spiro atoms. The summed E-state index contributed by atoms with van der Waals surface area (Å²) in [6, 6.07) is 5.29. The Balaban J connectivity index is 1.82. The summed E-state index contributed by atoms with van der Waals surface area (Å²) < 4.78 is 38.8. The summed E-state index contributed by atoms with van der Waals surface area (Å²) in [7, 11) is -2.18. The van der Waals surface area contributed by atoms with Gasteiger partial charge in [-0.2, -0.15) is 0 Å². The largest absolute Gasteiger partial charge is 0.454 e. The molecular weight excluding hydrogens is 318 g/mol. The molecule has 1 N–H and O–H groups in total. The highest BCUT2D eigenvalue weighted by atomic mass is 35.5. The van der Waals surface area contributed by atoms with Crippen molar-refractivity contribution in [1.82, 2.24) is 14.3 Å². The highest BCUT2D eigenvalue weighted by Gasteiger charge is 2.24. The summed E-state index contributed by atoms with van der Waals surface area (Å²) in [5, 5.41) is -0.142. The van der Waals surface area contributed by atoms with Crippen molar-refractivity contribution < 1.29 is 17.9 Å². The zero-order chi connectivity index (χ0) is 15.0. The first-order chi connectivity index (χ1) is 9.99. The van der Waals surface area contributed by atoms with Crippen LogP contribution in [0.4, 0.5) is 0 Å². The zero-order valence-electron chi connectivity index (χ0n) is 11.0. The van der Waals surface area contributed by atoms with Gasteiger partial charge in [0.1, 0.15) is 5.15 Å². The van der Waals surface area contributed by atoms with E-state index in [1.54, 1.807) is 25.2 Å². The fourth-order valence-corrected chi connectivity index (χ4v) is 3.38. The summed E-state index contributed by atoms with van der Waals surface area (Å²) in [6.45, 7) is 0.187. The van der Waals surface area contributed by atoms with Crippen molar-refractivity contribution in [3.63, 3.8) is 0 Å². The first-order valence-corrected chi connectivity index (χ1v) is 7.89. The first-order valence-electron chi connectivity index (χ1n) is 6.03. The molecule has 3 rings (SSSR count). The van der Waals surface area contributed by atoms with Crippen molar-refractivity contribution in [3.05, 3.63) is 35.2 Å². The first kappa shape index (κ1) is 14.2. The molecule has 1 aromatic carbocycles. The maximum absolute atomic E-state index is 12.2. The van der Waals surface area contributed by atoms with Crippen molar-refractivity contribution in [3.8, 4) is 11.5 Å². The van der Waals surface area contributed by atoms with Gasteiger partial charge in [-0.1, -0.05) is 23.7 Å². The molecule has 2 aromatic rings. The van der Waals surface area contributed by atoms with Gasteiger partial charge < -0.3 is 14.0 Å². The molecule has 0 saturated carbocycles. The van der Waals surface area contributed by atoms with Gasteiger partial charge in [-0.3, -0.25) is 0 Å². The molecule has 1 aliphatic heterocycles. The molecule has 0 unspecified atom stereocenters. The van der Waals surface area contributed by atoms with Crippen LogP contribution in [0.2, 0.25) is 5.15 Å². The Kier molecular flexibility index (Phi) is 3.52. The van der Waals surface area contributed by atoms with Crippen LogP contribution in [-0.2, 0) is 23.6 Å². The van der Waals surface area contributed by atoms with Crippen LogP contribution in [0.15, 0.2) is 29.6 Å². The average molecular weight is 330 g/mol. The molecular formula is C12H12ClN3O4S. The van der Waals surface area contributed by atoms with Gasteiger partial charge >= 0.3 is 0 Å². The lowest BCUT2D eigenvalue weighted by Crippen LogP contribution is -2.24. The van der Waals surface area contributed by atoms with E-state index >= 15 is 0 Å². The molecule has 112 valence electrons. The van der Waals surface area contributed by atoms with Crippen LogP contribution < -0.4 is 14.2 Å². The van der Waals surface area contributed by atoms with E-state index in [1.165, 1.54) is 10.9 Å². The van der Waals surface area contributed by atoms with Crippen molar-refractivity contribution in [2.75, 3.05) is 6.79 Å². The van der Waals surface area contributed by atoms with E-state index < -0.39 is 10.0 Å². The number of ether oxygens (including phenoxy) is 2. The standard InChI is InChI=1S/C12H12ClN3O4S/c1-16-6-14-12(11(16)13)21(17,18)15-5-8-3-2-4-9-10(8)20-7-19-9/h2-4,6,15H,5,7H2,1H3.